The van der Waals surface area contributed by atoms with Gasteiger partial charge in [0.25, 0.3) is 5.91 Å². The van der Waals surface area contributed by atoms with Gasteiger partial charge in [0.2, 0.25) is 0 Å². The van der Waals surface area contributed by atoms with E-state index in [9.17, 15) is 9.59 Å². The average molecular weight is 451 g/mol. The van der Waals surface area contributed by atoms with Crippen molar-refractivity contribution in [2.75, 3.05) is 39.5 Å². The summed E-state index contributed by atoms with van der Waals surface area (Å²) in [5, 5.41) is 3.04. The first-order valence-electron chi connectivity index (χ1n) is 12.0. The number of amides is 1. The van der Waals surface area contributed by atoms with Crippen LogP contribution in [0.1, 0.15) is 37.7 Å². The summed E-state index contributed by atoms with van der Waals surface area (Å²) >= 11 is 0. The van der Waals surface area contributed by atoms with E-state index < -0.39 is 5.97 Å². The smallest absolute Gasteiger partial charge is 0.310 e. The molecule has 0 atom stereocenters. The average Bonchev–Trinajstić information content (AvgIpc) is 2.88. The molecule has 0 aromatic heterocycles. The number of carbonyl (C=O) groups excluding carboxylic acids is 2. The zero-order chi connectivity index (χ0) is 22.9. The van der Waals surface area contributed by atoms with Crippen LogP contribution in [0.2, 0.25) is 0 Å². The van der Waals surface area contributed by atoms with E-state index >= 15 is 0 Å². The molecule has 176 valence electrons. The Morgan fingerprint density at radius 1 is 0.909 bits per heavy atom. The van der Waals surface area contributed by atoms with Crippen LogP contribution in [0.3, 0.4) is 0 Å². The van der Waals surface area contributed by atoms with Crippen LogP contribution in [0.25, 0.3) is 11.1 Å². The van der Waals surface area contributed by atoms with Gasteiger partial charge in [0.15, 0.2) is 6.61 Å². The fourth-order valence-electron chi connectivity index (χ4n) is 4.98. The van der Waals surface area contributed by atoms with Gasteiger partial charge >= 0.3 is 5.97 Å². The van der Waals surface area contributed by atoms with Crippen molar-refractivity contribution in [3.63, 3.8) is 0 Å². The van der Waals surface area contributed by atoms with Crippen molar-refractivity contribution in [3.05, 3.63) is 60.2 Å². The number of esters is 1. The van der Waals surface area contributed by atoms with Gasteiger partial charge in [-0.1, -0.05) is 73.9 Å². The van der Waals surface area contributed by atoms with Crippen molar-refractivity contribution in [1.29, 1.82) is 0 Å². The van der Waals surface area contributed by atoms with Gasteiger partial charge in [0, 0.05) is 25.2 Å². The van der Waals surface area contributed by atoms with Crippen LogP contribution in [0, 0.1) is 0 Å². The standard InChI is InChI=1S/C27H34N2O4/c30-25(28-21-27(13-5-2-6-14-27)29-15-17-32-18-16-29)20-33-26(31)19-22-9-11-24(12-10-22)23-7-3-1-4-8-23/h1,3-4,7-12H,2,5-6,13-21H2,(H,28,30). The highest BCUT2D eigenvalue weighted by molar-refractivity contribution is 5.81. The summed E-state index contributed by atoms with van der Waals surface area (Å²) in [6, 6.07) is 18.0. The van der Waals surface area contributed by atoms with E-state index in [0.29, 0.717) is 6.54 Å². The number of carbonyl (C=O) groups is 2. The third kappa shape index (κ3) is 6.42. The fourth-order valence-corrected chi connectivity index (χ4v) is 4.98. The first-order chi connectivity index (χ1) is 16.1. The van der Waals surface area contributed by atoms with E-state index in [1.807, 2.05) is 42.5 Å². The summed E-state index contributed by atoms with van der Waals surface area (Å²) in [4.78, 5) is 27.2. The Balaban J connectivity index is 1.23. The predicted octanol–water partition coefficient (Wildman–Crippen LogP) is 3.59. The number of morpholine rings is 1. The van der Waals surface area contributed by atoms with Gasteiger partial charge in [-0.25, -0.2) is 0 Å². The van der Waals surface area contributed by atoms with Gasteiger partial charge in [0.05, 0.1) is 19.6 Å². The molecule has 2 aliphatic rings. The monoisotopic (exact) mass is 450 g/mol. The Hall–Kier alpha value is -2.70. The third-order valence-electron chi connectivity index (χ3n) is 6.85. The summed E-state index contributed by atoms with van der Waals surface area (Å²) < 4.78 is 10.8. The lowest BCUT2D eigenvalue weighted by Crippen LogP contribution is -2.59. The summed E-state index contributed by atoms with van der Waals surface area (Å²) in [6.07, 6.45) is 5.96. The number of benzene rings is 2. The van der Waals surface area contributed by atoms with Crippen LogP contribution in [-0.4, -0.2) is 61.8 Å². The maximum Gasteiger partial charge on any atom is 0.310 e. The number of hydrogen-bond donors (Lipinski definition) is 1. The second-order valence-electron chi connectivity index (χ2n) is 9.06. The summed E-state index contributed by atoms with van der Waals surface area (Å²) in [5.74, 6) is -0.626. The zero-order valence-corrected chi connectivity index (χ0v) is 19.3. The van der Waals surface area contributed by atoms with Gasteiger partial charge in [0.1, 0.15) is 0 Å². The molecule has 33 heavy (non-hydrogen) atoms. The Kier molecular flexibility index (Phi) is 8.13. The number of hydrogen-bond acceptors (Lipinski definition) is 5. The Bertz CT molecular complexity index is 901. The topological polar surface area (TPSA) is 67.9 Å². The molecule has 1 saturated carbocycles. The van der Waals surface area contributed by atoms with E-state index in [4.69, 9.17) is 9.47 Å². The van der Waals surface area contributed by atoms with E-state index in [1.165, 1.54) is 19.3 Å². The first-order valence-corrected chi connectivity index (χ1v) is 12.0. The minimum absolute atomic E-state index is 0.00218. The molecule has 1 saturated heterocycles. The molecule has 0 bridgehead atoms. The Labute approximate surface area is 196 Å². The van der Waals surface area contributed by atoms with Gasteiger partial charge in [-0.3, -0.25) is 14.5 Å². The lowest BCUT2D eigenvalue weighted by molar-refractivity contribution is -0.148. The molecule has 1 heterocycles. The molecule has 0 unspecified atom stereocenters. The quantitative estimate of drug-likeness (QED) is 0.623. The van der Waals surface area contributed by atoms with E-state index in [2.05, 4.69) is 22.3 Å². The molecule has 1 amide bonds. The number of rotatable bonds is 8. The van der Waals surface area contributed by atoms with Crippen molar-refractivity contribution in [2.24, 2.45) is 0 Å². The minimum atomic E-state index is -0.391. The van der Waals surface area contributed by atoms with Crippen molar-refractivity contribution >= 4 is 11.9 Å². The molecule has 2 aromatic carbocycles. The van der Waals surface area contributed by atoms with Crippen molar-refractivity contribution in [1.82, 2.24) is 10.2 Å². The van der Waals surface area contributed by atoms with Crippen molar-refractivity contribution in [2.45, 2.75) is 44.1 Å². The number of nitrogens with one attached hydrogen (secondary N) is 1. The van der Waals surface area contributed by atoms with Gasteiger partial charge in [-0.2, -0.15) is 0 Å². The minimum Gasteiger partial charge on any atom is -0.455 e. The van der Waals surface area contributed by atoms with Crippen LogP contribution < -0.4 is 5.32 Å². The maximum atomic E-state index is 12.4. The first kappa shape index (κ1) is 23.5. The van der Waals surface area contributed by atoms with Crippen LogP contribution in [-0.2, 0) is 25.5 Å². The molecular formula is C27H34N2O4. The van der Waals surface area contributed by atoms with Gasteiger partial charge in [-0.05, 0) is 29.5 Å². The molecule has 1 N–H and O–H groups in total. The van der Waals surface area contributed by atoms with Crippen LogP contribution in [0.4, 0.5) is 0 Å². The molecule has 6 nitrogen and oxygen atoms in total. The molecule has 6 heteroatoms. The summed E-state index contributed by atoms with van der Waals surface area (Å²) in [5.41, 5.74) is 3.11. The van der Waals surface area contributed by atoms with E-state index in [-0.39, 0.29) is 24.5 Å². The van der Waals surface area contributed by atoms with E-state index in [1.54, 1.807) is 0 Å². The number of ether oxygens (including phenoxy) is 2. The van der Waals surface area contributed by atoms with Crippen LogP contribution in [0.5, 0.6) is 0 Å². The van der Waals surface area contributed by atoms with Crippen LogP contribution in [0.15, 0.2) is 54.6 Å². The third-order valence-corrected chi connectivity index (χ3v) is 6.85. The molecule has 0 radical (unpaired) electrons. The summed E-state index contributed by atoms with van der Waals surface area (Å²) in [6.45, 7) is 3.69. The second-order valence-corrected chi connectivity index (χ2v) is 9.06. The Morgan fingerprint density at radius 2 is 1.58 bits per heavy atom. The van der Waals surface area contributed by atoms with Gasteiger partial charge < -0.3 is 14.8 Å². The predicted molar refractivity (Wildman–Crippen MR) is 128 cm³/mol. The lowest BCUT2D eigenvalue weighted by atomic mass is 9.79. The van der Waals surface area contributed by atoms with Crippen LogP contribution >= 0.6 is 0 Å². The SMILES string of the molecule is O=C(COC(=O)Cc1ccc(-c2ccccc2)cc1)NCC1(N2CCOCC2)CCCCC1. The lowest BCUT2D eigenvalue weighted by Gasteiger charge is -2.48. The van der Waals surface area contributed by atoms with Gasteiger partial charge in [-0.15, -0.1) is 0 Å². The highest BCUT2D eigenvalue weighted by atomic mass is 16.5. The fraction of sp³-hybridized carbons (Fsp3) is 0.481. The molecule has 1 aliphatic carbocycles. The van der Waals surface area contributed by atoms with Crippen molar-refractivity contribution in [3.8, 4) is 11.1 Å². The number of nitrogens with zero attached hydrogens (tertiary/aromatic N) is 1. The molecular weight excluding hydrogens is 416 g/mol. The highest BCUT2D eigenvalue weighted by Crippen LogP contribution is 2.33. The molecule has 1 aliphatic heterocycles. The molecule has 2 aromatic rings. The maximum absolute atomic E-state index is 12.4. The molecule has 4 rings (SSSR count). The highest BCUT2D eigenvalue weighted by Gasteiger charge is 2.38. The second kappa shape index (κ2) is 11.4. The summed E-state index contributed by atoms with van der Waals surface area (Å²) in [7, 11) is 0. The van der Waals surface area contributed by atoms with E-state index in [0.717, 1.165) is 55.8 Å². The zero-order valence-electron chi connectivity index (χ0n) is 19.3. The molecule has 2 fully saturated rings. The van der Waals surface area contributed by atoms with Crippen molar-refractivity contribution < 1.29 is 19.1 Å². The normalized spacial score (nSPS) is 18.4. The Morgan fingerprint density at radius 3 is 2.27 bits per heavy atom. The molecule has 0 spiro atoms. The largest absolute Gasteiger partial charge is 0.455 e.